The van der Waals surface area contributed by atoms with Crippen LogP contribution in [0, 0.1) is 0 Å². The van der Waals surface area contributed by atoms with Crippen molar-refractivity contribution in [3.8, 4) is 0 Å². The minimum Gasteiger partial charge on any atom is -0.478 e. The molecule has 6 heteroatoms. The molecule has 0 aromatic heterocycles. The van der Waals surface area contributed by atoms with Crippen LogP contribution in [-0.2, 0) is 14.3 Å². The molecule has 1 aliphatic rings. The molecule has 6 nitrogen and oxygen atoms in total. The van der Waals surface area contributed by atoms with Gasteiger partial charge in [-0.25, -0.2) is 4.79 Å². The van der Waals surface area contributed by atoms with Crippen LogP contribution in [0.3, 0.4) is 0 Å². The third kappa shape index (κ3) is 3.36. The lowest BCUT2D eigenvalue weighted by molar-refractivity contribution is -0.131. The van der Waals surface area contributed by atoms with Crippen LogP contribution >= 0.6 is 0 Å². The van der Waals surface area contributed by atoms with Crippen molar-refractivity contribution in [3.05, 3.63) is 35.9 Å². The molecule has 1 atom stereocenters. The van der Waals surface area contributed by atoms with Gasteiger partial charge in [0.2, 0.25) is 5.91 Å². The number of carbonyl (C=O) groups excluding carboxylic acids is 1. The van der Waals surface area contributed by atoms with E-state index in [1.807, 2.05) is 17.0 Å². The molecular weight excluding hydrogens is 260 g/mol. The molecule has 1 aromatic rings. The van der Waals surface area contributed by atoms with E-state index in [1.54, 1.807) is 12.1 Å². The van der Waals surface area contributed by atoms with Crippen LogP contribution in [0.15, 0.2) is 30.3 Å². The summed E-state index contributed by atoms with van der Waals surface area (Å²) in [5.41, 5.74) is 7.01. The molecule has 0 saturated carbocycles. The lowest BCUT2D eigenvalue weighted by atomic mass is 10.1. The summed E-state index contributed by atoms with van der Waals surface area (Å²) < 4.78 is 5.26. The normalized spacial score (nSPS) is 19.2. The molecule has 1 aliphatic heterocycles. The molecule has 0 spiro atoms. The van der Waals surface area contributed by atoms with E-state index >= 15 is 0 Å². The fourth-order valence-electron chi connectivity index (χ4n) is 2.09. The zero-order chi connectivity index (χ0) is 14.5. The first-order chi connectivity index (χ1) is 9.58. The summed E-state index contributed by atoms with van der Waals surface area (Å²) in [5, 5.41) is 8.57. The van der Waals surface area contributed by atoms with Crippen molar-refractivity contribution < 1.29 is 19.4 Å². The number of rotatable bonds is 4. The summed E-state index contributed by atoms with van der Waals surface area (Å²) >= 11 is 0. The number of benzene rings is 1. The molecule has 0 bridgehead atoms. The number of hydrogen-bond acceptors (Lipinski definition) is 4. The van der Waals surface area contributed by atoms with Crippen molar-refractivity contribution in [2.45, 2.75) is 6.04 Å². The molecule has 1 amide bonds. The van der Waals surface area contributed by atoms with Gasteiger partial charge in [0.05, 0.1) is 13.2 Å². The molecule has 0 aliphatic carbocycles. The van der Waals surface area contributed by atoms with Gasteiger partial charge in [0, 0.05) is 18.3 Å². The van der Waals surface area contributed by atoms with Crippen molar-refractivity contribution in [1.29, 1.82) is 0 Å². The van der Waals surface area contributed by atoms with Gasteiger partial charge in [0.1, 0.15) is 6.04 Å². The summed E-state index contributed by atoms with van der Waals surface area (Å²) in [6.07, 6.45) is 2.59. The fraction of sp³-hybridized carbons (Fsp3) is 0.286. The van der Waals surface area contributed by atoms with Crippen LogP contribution in [0.4, 0.5) is 5.69 Å². The summed E-state index contributed by atoms with van der Waals surface area (Å²) in [6.45, 7) is 1.43. The Morgan fingerprint density at radius 1 is 1.35 bits per heavy atom. The van der Waals surface area contributed by atoms with E-state index in [9.17, 15) is 9.59 Å². The van der Waals surface area contributed by atoms with Gasteiger partial charge >= 0.3 is 5.97 Å². The number of aliphatic carboxylic acids is 1. The van der Waals surface area contributed by atoms with Gasteiger partial charge in [0.15, 0.2) is 0 Å². The number of amides is 1. The van der Waals surface area contributed by atoms with E-state index in [0.717, 1.165) is 17.3 Å². The number of ether oxygens (including phenoxy) is 1. The highest BCUT2D eigenvalue weighted by atomic mass is 16.5. The Kier molecular flexibility index (Phi) is 4.37. The van der Waals surface area contributed by atoms with Crippen molar-refractivity contribution in [3.63, 3.8) is 0 Å². The fourth-order valence-corrected chi connectivity index (χ4v) is 2.09. The van der Waals surface area contributed by atoms with Crippen LogP contribution < -0.4 is 10.6 Å². The second kappa shape index (κ2) is 6.21. The average molecular weight is 276 g/mol. The zero-order valence-corrected chi connectivity index (χ0v) is 10.9. The van der Waals surface area contributed by atoms with Crippen LogP contribution in [0.2, 0.25) is 0 Å². The van der Waals surface area contributed by atoms with Crippen LogP contribution in [0.5, 0.6) is 0 Å². The number of carbonyl (C=O) groups is 2. The van der Waals surface area contributed by atoms with Gasteiger partial charge < -0.3 is 20.5 Å². The molecule has 1 fully saturated rings. The highest BCUT2D eigenvalue weighted by molar-refractivity contribution is 5.86. The van der Waals surface area contributed by atoms with Crippen molar-refractivity contribution in [2.75, 3.05) is 24.7 Å². The molecule has 0 radical (unpaired) electrons. The van der Waals surface area contributed by atoms with Crippen molar-refractivity contribution >= 4 is 23.6 Å². The van der Waals surface area contributed by atoms with Gasteiger partial charge in [-0.3, -0.25) is 4.79 Å². The lowest BCUT2D eigenvalue weighted by Gasteiger charge is -2.35. The van der Waals surface area contributed by atoms with Gasteiger partial charge in [-0.15, -0.1) is 0 Å². The Balaban J connectivity index is 2.15. The SMILES string of the molecule is NC(=O)C1COCCN1c1ccc(/C=C/C(=O)O)cc1. The number of carboxylic acids is 1. The first-order valence-electron chi connectivity index (χ1n) is 6.22. The van der Waals surface area contributed by atoms with Crippen LogP contribution in [0.1, 0.15) is 5.56 Å². The molecular formula is C14H16N2O4. The van der Waals surface area contributed by atoms with Crippen LogP contribution in [-0.4, -0.2) is 42.8 Å². The van der Waals surface area contributed by atoms with Crippen molar-refractivity contribution in [1.82, 2.24) is 0 Å². The maximum absolute atomic E-state index is 11.4. The Hall–Kier alpha value is -2.34. The van der Waals surface area contributed by atoms with E-state index in [-0.39, 0.29) is 6.61 Å². The predicted octanol–water partition coefficient (Wildman–Crippen LogP) is 0.475. The van der Waals surface area contributed by atoms with E-state index in [0.29, 0.717) is 13.2 Å². The van der Waals surface area contributed by atoms with E-state index in [1.165, 1.54) is 6.08 Å². The Morgan fingerprint density at radius 3 is 2.65 bits per heavy atom. The number of morpholine rings is 1. The Labute approximate surface area is 116 Å². The number of nitrogens with zero attached hydrogens (tertiary/aromatic N) is 1. The topological polar surface area (TPSA) is 92.9 Å². The standard InChI is InChI=1S/C14H16N2O4/c15-14(19)12-9-20-8-7-16(12)11-4-1-10(2-5-11)3-6-13(17)18/h1-6,12H,7-9H2,(H2,15,19)(H,17,18)/b6-3+. The number of nitrogens with two attached hydrogens (primary N) is 1. The van der Waals surface area contributed by atoms with Gasteiger partial charge in [0.25, 0.3) is 0 Å². The monoisotopic (exact) mass is 276 g/mol. The summed E-state index contributed by atoms with van der Waals surface area (Å²) in [5.74, 6) is -1.41. The second-order valence-corrected chi connectivity index (χ2v) is 4.45. The first kappa shape index (κ1) is 14.1. The minimum absolute atomic E-state index is 0.288. The highest BCUT2D eigenvalue weighted by Crippen LogP contribution is 2.20. The minimum atomic E-state index is -0.990. The molecule has 2 rings (SSSR count). The van der Waals surface area contributed by atoms with E-state index in [4.69, 9.17) is 15.6 Å². The number of anilines is 1. The molecule has 1 unspecified atom stereocenters. The molecule has 1 heterocycles. The predicted molar refractivity (Wildman–Crippen MR) is 74.3 cm³/mol. The molecule has 20 heavy (non-hydrogen) atoms. The quantitative estimate of drug-likeness (QED) is 0.780. The number of primary amides is 1. The summed E-state index contributed by atoms with van der Waals surface area (Å²) in [7, 11) is 0. The molecule has 1 saturated heterocycles. The number of hydrogen-bond donors (Lipinski definition) is 2. The largest absolute Gasteiger partial charge is 0.478 e. The zero-order valence-electron chi connectivity index (χ0n) is 10.9. The maximum Gasteiger partial charge on any atom is 0.328 e. The third-order valence-electron chi connectivity index (χ3n) is 3.10. The lowest BCUT2D eigenvalue weighted by Crippen LogP contribution is -2.52. The average Bonchev–Trinajstić information content (AvgIpc) is 2.45. The smallest absolute Gasteiger partial charge is 0.328 e. The summed E-state index contributed by atoms with van der Waals surface area (Å²) in [6, 6.07) is 6.79. The number of carboxylic acid groups (broad SMARTS) is 1. The van der Waals surface area contributed by atoms with Gasteiger partial charge in [-0.1, -0.05) is 12.1 Å². The molecule has 1 aromatic carbocycles. The van der Waals surface area contributed by atoms with Gasteiger partial charge in [-0.05, 0) is 23.8 Å². The third-order valence-corrected chi connectivity index (χ3v) is 3.10. The molecule has 106 valence electrons. The van der Waals surface area contributed by atoms with Gasteiger partial charge in [-0.2, -0.15) is 0 Å². The second-order valence-electron chi connectivity index (χ2n) is 4.45. The highest BCUT2D eigenvalue weighted by Gasteiger charge is 2.27. The van der Waals surface area contributed by atoms with E-state index in [2.05, 4.69) is 0 Å². The van der Waals surface area contributed by atoms with Crippen molar-refractivity contribution in [2.24, 2.45) is 5.73 Å². The van der Waals surface area contributed by atoms with Crippen LogP contribution in [0.25, 0.3) is 6.08 Å². The van der Waals surface area contributed by atoms with E-state index < -0.39 is 17.9 Å². The maximum atomic E-state index is 11.4. The Morgan fingerprint density at radius 2 is 2.05 bits per heavy atom. The first-order valence-corrected chi connectivity index (χ1v) is 6.22. The Bertz CT molecular complexity index is 524. The summed E-state index contributed by atoms with van der Waals surface area (Å²) in [4.78, 5) is 23.8. The molecule has 3 N–H and O–H groups in total.